The third kappa shape index (κ3) is 3.87. The second-order valence-corrected chi connectivity index (χ2v) is 5.06. The fraction of sp³-hybridized carbons (Fsp3) is 1.00. The smallest absolute Gasteiger partial charge is 0.0558 e. The van der Waals surface area contributed by atoms with E-state index in [9.17, 15) is 0 Å². The van der Waals surface area contributed by atoms with Crippen LogP contribution in [0, 0.1) is 5.92 Å². The number of hydrogen-bond acceptors (Lipinski definition) is 2. The van der Waals surface area contributed by atoms with E-state index in [2.05, 4.69) is 27.8 Å². The van der Waals surface area contributed by atoms with E-state index in [-0.39, 0.29) is 0 Å². The van der Waals surface area contributed by atoms with Crippen molar-refractivity contribution in [3.63, 3.8) is 0 Å². The Bertz CT molecular complexity index is 148. The molecule has 0 amide bonds. The van der Waals surface area contributed by atoms with Crippen molar-refractivity contribution >= 4 is 15.9 Å². The molecule has 1 saturated carbocycles. The summed E-state index contributed by atoms with van der Waals surface area (Å²) in [6, 6.07) is 0.739. The first-order valence-electron chi connectivity index (χ1n) is 5.68. The third-order valence-corrected chi connectivity index (χ3v) is 4.14. The molecular weight excluding hydrogens is 242 g/mol. The number of aliphatic hydroxyl groups is 1. The summed E-state index contributed by atoms with van der Waals surface area (Å²) in [7, 11) is 0. The van der Waals surface area contributed by atoms with Crippen LogP contribution in [0.25, 0.3) is 0 Å². The van der Waals surface area contributed by atoms with Crippen LogP contribution >= 0.6 is 15.9 Å². The minimum Gasteiger partial charge on any atom is -0.395 e. The van der Waals surface area contributed by atoms with Gasteiger partial charge in [-0.15, -0.1) is 0 Å². The zero-order valence-corrected chi connectivity index (χ0v) is 10.7. The molecule has 0 aromatic heterocycles. The SMILES string of the molecule is CC(CBr)CN(CCO)C1CCCC1. The lowest BCUT2D eigenvalue weighted by molar-refractivity contribution is 0.138. The van der Waals surface area contributed by atoms with Crippen molar-refractivity contribution < 1.29 is 5.11 Å². The van der Waals surface area contributed by atoms with Crippen LogP contribution in [0.4, 0.5) is 0 Å². The van der Waals surface area contributed by atoms with Crippen molar-refractivity contribution in [2.24, 2.45) is 5.92 Å². The zero-order valence-electron chi connectivity index (χ0n) is 9.08. The number of hydrogen-bond donors (Lipinski definition) is 1. The highest BCUT2D eigenvalue weighted by Gasteiger charge is 2.22. The molecule has 2 nitrogen and oxygen atoms in total. The largest absolute Gasteiger partial charge is 0.395 e. The van der Waals surface area contributed by atoms with Gasteiger partial charge in [0.15, 0.2) is 0 Å². The predicted molar refractivity (Wildman–Crippen MR) is 63.9 cm³/mol. The van der Waals surface area contributed by atoms with Gasteiger partial charge in [-0.3, -0.25) is 4.90 Å². The first kappa shape index (κ1) is 12.5. The molecular formula is C11H22BrNO. The monoisotopic (exact) mass is 263 g/mol. The highest BCUT2D eigenvalue weighted by Crippen LogP contribution is 2.24. The Morgan fingerprint density at radius 2 is 2.07 bits per heavy atom. The maximum atomic E-state index is 9.03. The highest BCUT2D eigenvalue weighted by molar-refractivity contribution is 9.09. The lowest BCUT2D eigenvalue weighted by Gasteiger charge is -2.30. The fourth-order valence-corrected chi connectivity index (χ4v) is 2.47. The molecule has 1 atom stereocenters. The molecule has 0 aliphatic heterocycles. The molecule has 1 unspecified atom stereocenters. The lowest BCUT2D eigenvalue weighted by atomic mass is 10.1. The average Bonchev–Trinajstić information content (AvgIpc) is 2.69. The quantitative estimate of drug-likeness (QED) is 0.744. The summed E-state index contributed by atoms with van der Waals surface area (Å²) in [5, 5.41) is 10.1. The van der Waals surface area contributed by atoms with Gasteiger partial charge in [-0.2, -0.15) is 0 Å². The van der Waals surface area contributed by atoms with Gasteiger partial charge in [0.2, 0.25) is 0 Å². The Labute approximate surface area is 95.8 Å². The van der Waals surface area contributed by atoms with E-state index in [1.165, 1.54) is 25.7 Å². The zero-order chi connectivity index (χ0) is 10.4. The topological polar surface area (TPSA) is 23.5 Å². The molecule has 14 heavy (non-hydrogen) atoms. The predicted octanol–water partition coefficient (Wildman–Crippen LogP) is 2.25. The van der Waals surface area contributed by atoms with E-state index in [1.54, 1.807) is 0 Å². The van der Waals surface area contributed by atoms with Crippen LogP contribution in [0.3, 0.4) is 0 Å². The second-order valence-electron chi connectivity index (χ2n) is 4.42. The number of alkyl halides is 1. The molecule has 0 heterocycles. The third-order valence-electron chi connectivity index (χ3n) is 3.04. The van der Waals surface area contributed by atoms with Gasteiger partial charge in [-0.05, 0) is 18.8 Å². The van der Waals surface area contributed by atoms with Crippen LogP contribution in [0.15, 0.2) is 0 Å². The minimum atomic E-state index is 0.297. The molecule has 84 valence electrons. The molecule has 0 aromatic rings. The first-order valence-corrected chi connectivity index (χ1v) is 6.81. The van der Waals surface area contributed by atoms with Gasteiger partial charge in [0, 0.05) is 24.5 Å². The van der Waals surface area contributed by atoms with Crippen LogP contribution in [0.2, 0.25) is 0 Å². The summed E-state index contributed by atoms with van der Waals surface area (Å²) < 4.78 is 0. The maximum Gasteiger partial charge on any atom is 0.0558 e. The highest BCUT2D eigenvalue weighted by atomic mass is 79.9. The molecule has 0 saturated heterocycles. The van der Waals surface area contributed by atoms with Crippen molar-refractivity contribution in [1.29, 1.82) is 0 Å². The number of rotatable bonds is 6. The summed E-state index contributed by atoms with van der Waals surface area (Å²) in [4.78, 5) is 2.47. The molecule has 1 fully saturated rings. The van der Waals surface area contributed by atoms with Crippen LogP contribution in [0.5, 0.6) is 0 Å². The van der Waals surface area contributed by atoms with E-state index >= 15 is 0 Å². The lowest BCUT2D eigenvalue weighted by Crippen LogP contribution is -2.39. The van der Waals surface area contributed by atoms with E-state index in [4.69, 9.17) is 5.11 Å². The second kappa shape index (κ2) is 6.81. The van der Waals surface area contributed by atoms with E-state index < -0.39 is 0 Å². The van der Waals surface area contributed by atoms with Crippen molar-refractivity contribution in [2.75, 3.05) is 25.0 Å². The Morgan fingerprint density at radius 3 is 2.57 bits per heavy atom. The van der Waals surface area contributed by atoms with Crippen molar-refractivity contribution in [3.05, 3.63) is 0 Å². The molecule has 0 spiro atoms. The molecule has 0 bridgehead atoms. The Hall–Kier alpha value is 0.400. The van der Waals surface area contributed by atoms with Gasteiger partial charge >= 0.3 is 0 Å². The van der Waals surface area contributed by atoms with E-state index in [0.717, 1.165) is 24.5 Å². The average molecular weight is 264 g/mol. The van der Waals surface area contributed by atoms with Gasteiger partial charge in [0.1, 0.15) is 0 Å². The fourth-order valence-electron chi connectivity index (χ4n) is 2.27. The van der Waals surface area contributed by atoms with Crippen LogP contribution in [0.1, 0.15) is 32.6 Å². The van der Waals surface area contributed by atoms with Crippen molar-refractivity contribution in [1.82, 2.24) is 4.90 Å². The summed E-state index contributed by atoms with van der Waals surface area (Å²) in [5.41, 5.74) is 0. The maximum absolute atomic E-state index is 9.03. The molecule has 1 N–H and O–H groups in total. The van der Waals surface area contributed by atoms with Gasteiger partial charge in [0.05, 0.1) is 6.61 Å². The van der Waals surface area contributed by atoms with E-state index in [1.807, 2.05) is 0 Å². The van der Waals surface area contributed by atoms with Crippen LogP contribution in [-0.4, -0.2) is 41.1 Å². The summed E-state index contributed by atoms with van der Waals surface area (Å²) >= 11 is 3.51. The van der Waals surface area contributed by atoms with E-state index in [0.29, 0.717) is 12.5 Å². The van der Waals surface area contributed by atoms with Crippen LogP contribution in [-0.2, 0) is 0 Å². The Kier molecular flexibility index (Phi) is 6.06. The molecule has 0 aromatic carbocycles. The molecule has 1 aliphatic carbocycles. The molecule has 0 radical (unpaired) electrons. The summed E-state index contributed by atoms with van der Waals surface area (Å²) in [5.74, 6) is 0.683. The molecule has 3 heteroatoms. The number of halogens is 1. The molecule has 1 aliphatic rings. The molecule has 1 rings (SSSR count). The van der Waals surface area contributed by atoms with Gasteiger partial charge < -0.3 is 5.11 Å². The Morgan fingerprint density at radius 1 is 1.43 bits per heavy atom. The number of aliphatic hydroxyl groups excluding tert-OH is 1. The van der Waals surface area contributed by atoms with Crippen molar-refractivity contribution in [2.45, 2.75) is 38.6 Å². The minimum absolute atomic E-state index is 0.297. The standard InChI is InChI=1S/C11H22BrNO/c1-10(8-12)9-13(6-7-14)11-4-2-3-5-11/h10-11,14H,2-9H2,1H3. The Balaban J connectivity index is 2.36. The first-order chi connectivity index (χ1) is 6.77. The number of nitrogens with zero attached hydrogens (tertiary/aromatic N) is 1. The summed E-state index contributed by atoms with van der Waals surface area (Å²) in [6.45, 7) is 4.53. The normalized spacial score (nSPS) is 20.6. The van der Waals surface area contributed by atoms with Gasteiger partial charge in [0.25, 0.3) is 0 Å². The summed E-state index contributed by atoms with van der Waals surface area (Å²) in [6.07, 6.45) is 5.40. The van der Waals surface area contributed by atoms with Crippen LogP contribution < -0.4 is 0 Å². The van der Waals surface area contributed by atoms with Crippen molar-refractivity contribution in [3.8, 4) is 0 Å². The van der Waals surface area contributed by atoms with Gasteiger partial charge in [-0.25, -0.2) is 0 Å². The van der Waals surface area contributed by atoms with Gasteiger partial charge in [-0.1, -0.05) is 35.7 Å².